The number of nitrogens with zero attached hydrogens (tertiary/aromatic N) is 1. The van der Waals surface area contributed by atoms with Crippen molar-refractivity contribution in [2.45, 2.75) is 32.4 Å². The lowest BCUT2D eigenvalue weighted by atomic mass is 10.1. The quantitative estimate of drug-likeness (QED) is 0.767. The van der Waals surface area contributed by atoms with Gasteiger partial charge in [0.15, 0.2) is 0 Å². The van der Waals surface area contributed by atoms with Gasteiger partial charge in [0.25, 0.3) is 0 Å². The summed E-state index contributed by atoms with van der Waals surface area (Å²) in [5.41, 5.74) is 6.64. The van der Waals surface area contributed by atoms with Crippen LogP contribution in [0.15, 0.2) is 16.7 Å². The fourth-order valence-electron chi connectivity index (χ4n) is 2.22. The minimum Gasteiger partial charge on any atom is -0.467 e. The van der Waals surface area contributed by atoms with E-state index in [-0.39, 0.29) is 0 Å². The van der Waals surface area contributed by atoms with Gasteiger partial charge in [-0.1, -0.05) is 6.42 Å². The number of hydrogen-bond acceptors (Lipinski definition) is 4. The van der Waals surface area contributed by atoms with Gasteiger partial charge < -0.3 is 19.8 Å². The van der Waals surface area contributed by atoms with Crippen molar-refractivity contribution in [1.82, 2.24) is 4.90 Å². The molecule has 0 spiro atoms. The third-order valence-electron chi connectivity index (χ3n) is 3.29. The lowest BCUT2D eigenvalue weighted by Gasteiger charge is -2.26. The monoisotopic (exact) mass is 238 g/mol. The van der Waals surface area contributed by atoms with E-state index >= 15 is 0 Å². The number of likely N-dealkylation sites (tertiary alicyclic amines) is 1. The van der Waals surface area contributed by atoms with Crippen LogP contribution in [0.2, 0.25) is 0 Å². The SMILES string of the molecule is NCc1ccoc1COCCN1CCCCC1. The van der Waals surface area contributed by atoms with Crippen molar-refractivity contribution in [2.75, 3.05) is 26.2 Å². The lowest BCUT2D eigenvalue weighted by molar-refractivity contribution is 0.0760. The van der Waals surface area contributed by atoms with Crippen LogP contribution >= 0.6 is 0 Å². The summed E-state index contributed by atoms with van der Waals surface area (Å²) in [7, 11) is 0. The first-order chi connectivity index (χ1) is 8.40. The summed E-state index contributed by atoms with van der Waals surface area (Å²) < 4.78 is 11.0. The zero-order valence-electron chi connectivity index (χ0n) is 10.4. The maximum absolute atomic E-state index is 5.63. The van der Waals surface area contributed by atoms with Gasteiger partial charge in [-0.3, -0.25) is 0 Å². The van der Waals surface area contributed by atoms with Crippen molar-refractivity contribution < 1.29 is 9.15 Å². The summed E-state index contributed by atoms with van der Waals surface area (Å²) in [5, 5.41) is 0. The second-order valence-corrected chi connectivity index (χ2v) is 4.53. The Morgan fingerprint density at radius 2 is 2.12 bits per heavy atom. The Morgan fingerprint density at radius 3 is 2.88 bits per heavy atom. The first-order valence-corrected chi connectivity index (χ1v) is 6.45. The number of nitrogens with two attached hydrogens (primary N) is 1. The van der Waals surface area contributed by atoms with Crippen molar-refractivity contribution >= 4 is 0 Å². The second kappa shape index (κ2) is 6.79. The summed E-state index contributed by atoms with van der Waals surface area (Å²) in [6.07, 6.45) is 5.71. The highest BCUT2D eigenvalue weighted by molar-refractivity contribution is 5.15. The molecule has 0 aromatic carbocycles. The van der Waals surface area contributed by atoms with Gasteiger partial charge in [0, 0.05) is 18.7 Å². The molecule has 0 saturated carbocycles. The molecule has 1 aliphatic heterocycles. The van der Waals surface area contributed by atoms with Crippen molar-refractivity contribution in [3.8, 4) is 0 Å². The van der Waals surface area contributed by atoms with Gasteiger partial charge >= 0.3 is 0 Å². The van der Waals surface area contributed by atoms with Crippen molar-refractivity contribution in [3.63, 3.8) is 0 Å². The molecule has 4 heteroatoms. The molecule has 1 saturated heterocycles. The molecule has 0 radical (unpaired) electrons. The van der Waals surface area contributed by atoms with Crippen LogP contribution in [0.25, 0.3) is 0 Å². The predicted molar refractivity (Wildman–Crippen MR) is 66.5 cm³/mol. The van der Waals surface area contributed by atoms with E-state index < -0.39 is 0 Å². The van der Waals surface area contributed by atoms with E-state index in [4.69, 9.17) is 14.9 Å². The van der Waals surface area contributed by atoms with Gasteiger partial charge in [-0.25, -0.2) is 0 Å². The van der Waals surface area contributed by atoms with Crippen LogP contribution in [0.3, 0.4) is 0 Å². The number of ether oxygens (including phenoxy) is 1. The number of piperidine rings is 1. The Morgan fingerprint density at radius 1 is 1.29 bits per heavy atom. The van der Waals surface area contributed by atoms with Gasteiger partial charge in [-0.2, -0.15) is 0 Å². The van der Waals surface area contributed by atoms with Crippen LogP contribution in [-0.4, -0.2) is 31.1 Å². The number of hydrogen-bond donors (Lipinski definition) is 1. The molecule has 2 rings (SSSR count). The maximum Gasteiger partial charge on any atom is 0.133 e. The van der Waals surface area contributed by atoms with E-state index in [9.17, 15) is 0 Å². The van der Waals surface area contributed by atoms with E-state index in [1.54, 1.807) is 6.26 Å². The Balaban J connectivity index is 1.62. The van der Waals surface area contributed by atoms with E-state index in [2.05, 4.69) is 4.90 Å². The molecule has 0 unspecified atom stereocenters. The van der Waals surface area contributed by atoms with E-state index in [1.807, 2.05) is 6.07 Å². The standard InChI is InChI=1S/C13H22N2O2/c14-10-12-4-8-17-13(12)11-16-9-7-15-5-2-1-3-6-15/h4,8H,1-3,5-7,9-11,14H2. The summed E-state index contributed by atoms with van der Waals surface area (Å²) in [5.74, 6) is 0.867. The molecule has 2 heterocycles. The molecule has 1 aromatic rings. The molecule has 1 aliphatic rings. The molecule has 0 atom stereocenters. The molecule has 0 aliphatic carbocycles. The molecule has 0 bridgehead atoms. The maximum atomic E-state index is 5.63. The van der Waals surface area contributed by atoms with Crippen molar-refractivity contribution in [3.05, 3.63) is 23.7 Å². The average molecular weight is 238 g/mol. The molecular formula is C13H22N2O2. The highest BCUT2D eigenvalue weighted by Gasteiger charge is 2.10. The van der Waals surface area contributed by atoms with E-state index in [0.29, 0.717) is 13.2 Å². The zero-order valence-corrected chi connectivity index (χ0v) is 10.4. The molecule has 17 heavy (non-hydrogen) atoms. The highest BCUT2D eigenvalue weighted by atomic mass is 16.5. The number of furan rings is 1. The fourth-order valence-corrected chi connectivity index (χ4v) is 2.22. The molecular weight excluding hydrogens is 216 g/mol. The topological polar surface area (TPSA) is 51.6 Å². The van der Waals surface area contributed by atoms with Crippen LogP contribution in [-0.2, 0) is 17.9 Å². The van der Waals surface area contributed by atoms with Gasteiger partial charge in [0.2, 0.25) is 0 Å². The summed E-state index contributed by atoms with van der Waals surface area (Å²) in [6.45, 7) is 5.29. The second-order valence-electron chi connectivity index (χ2n) is 4.53. The Labute approximate surface area is 103 Å². The van der Waals surface area contributed by atoms with Crippen LogP contribution in [0.4, 0.5) is 0 Å². The largest absolute Gasteiger partial charge is 0.467 e. The Hall–Kier alpha value is -0.840. The van der Waals surface area contributed by atoms with E-state index in [0.717, 1.165) is 24.5 Å². The average Bonchev–Trinajstić information content (AvgIpc) is 2.83. The first-order valence-electron chi connectivity index (χ1n) is 6.45. The molecule has 0 amide bonds. The Kier molecular flexibility index (Phi) is 5.04. The summed E-state index contributed by atoms with van der Waals surface area (Å²) in [6, 6.07) is 1.91. The fraction of sp³-hybridized carbons (Fsp3) is 0.692. The smallest absolute Gasteiger partial charge is 0.133 e. The molecule has 1 fully saturated rings. The Bertz CT molecular complexity index is 319. The molecule has 4 nitrogen and oxygen atoms in total. The van der Waals surface area contributed by atoms with Gasteiger partial charge in [-0.05, 0) is 32.0 Å². The van der Waals surface area contributed by atoms with Crippen molar-refractivity contribution in [1.29, 1.82) is 0 Å². The van der Waals surface area contributed by atoms with Crippen LogP contribution in [0.1, 0.15) is 30.6 Å². The number of rotatable bonds is 6. The highest BCUT2D eigenvalue weighted by Crippen LogP contribution is 2.11. The minimum absolute atomic E-state index is 0.515. The van der Waals surface area contributed by atoms with E-state index in [1.165, 1.54) is 32.4 Å². The third-order valence-corrected chi connectivity index (χ3v) is 3.29. The third kappa shape index (κ3) is 3.84. The van der Waals surface area contributed by atoms with Crippen LogP contribution < -0.4 is 5.73 Å². The molecule has 1 aromatic heterocycles. The first kappa shape index (κ1) is 12.6. The lowest BCUT2D eigenvalue weighted by Crippen LogP contribution is -2.32. The summed E-state index contributed by atoms with van der Waals surface area (Å²) in [4.78, 5) is 2.47. The summed E-state index contributed by atoms with van der Waals surface area (Å²) >= 11 is 0. The van der Waals surface area contributed by atoms with Gasteiger partial charge in [0.05, 0.1) is 12.9 Å². The van der Waals surface area contributed by atoms with Gasteiger partial charge in [-0.15, -0.1) is 0 Å². The van der Waals surface area contributed by atoms with Crippen molar-refractivity contribution in [2.24, 2.45) is 5.73 Å². The zero-order chi connectivity index (χ0) is 11.9. The predicted octanol–water partition coefficient (Wildman–Crippen LogP) is 1.74. The van der Waals surface area contributed by atoms with Crippen LogP contribution in [0.5, 0.6) is 0 Å². The molecule has 96 valence electrons. The minimum atomic E-state index is 0.515. The molecule has 2 N–H and O–H groups in total. The van der Waals surface area contributed by atoms with Gasteiger partial charge in [0.1, 0.15) is 12.4 Å². The van der Waals surface area contributed by atoms with Crippen LogP contribution in [0, 0.1) is 0 Å². The normalized spacial score (nSPS) is 17.5.